The first-order chi connectivity index (χ1) is 5.90. The molecule has 1 aromatic carbocycles. The van der Waals surface area contributed by atoms with Crippen molar-refractivity contribution < 1.29 is 0 Å². The van der Waals surface area contributed by atoms with Crippen LogP contribution >= 0.6 is 12.4 Å². The van der Waals surface area contributed by atoms with Crippen molar-refractivity contribution >= 4 is 12.4 Å². The Morgan fingerprint density at radius 2 is 2.15 bits per heavy atom. The summed E-state index contributed by atoms with van der Waals surface area (Å²) in [6.45, 7) is 1.98. The molecular formula is C10H11ClN2. The first-order valence-electron chi connectivity index (χ1n) is 4.13. The number of nitriles is 1. The fourth-order valence-electron chi connectivity index (χ4n) is 1.55. The summed E-state index contributed by atoms with van der Waals surface area (Å²) in [4.78, 5) is 0. The molecule has 1 aliphatic rings. The van der Waals surface area contributed by atoms with Crippen LogP contribution in [0.15, 0.2) is 18.2 Å². The molecule has 0 spiro atoms. The van der Waals surface area contributed by atoms with Crippen LogP contribution in [-0.4, -0.2) is 6.54 Å². The topological polar surface area (TPSA) is 35.8 Å². The largest absolute Gasteiger partial charge is 0.312 e. The van der Waals surface area contributed by atoms with Gasteiger partial charge in [-0.25, -0.2) is 0 Å². The van der Waals surface area contributed by atoms with Gasteiger partial charge in [0.05, 0.1) is 11.6 Å². The molecule has 1 heterocycles. The van der Waals surface area contributed by atoms with Crippen LogP contribution in [0.1, 0.15) is 16.7 Å². The lowest BCUT2D eigenvalue weighted by atomic mass is 9.99. The van der Waals surface area contributed by atoms with Gasteiger partial charge in [0.1, 0.15) is 0 Å². The summed E-state index contributed by atoms with van der Waals surface area (Å²) in [6.07, 6.45) is 1.05. The third-order valence-electron chi connectivity index (χ3n) is 2.22. The summed E-state index contributed by atoms with van der Waals surface area (Å²) in [6, 6.07) is 8.08. The molecule has 3 heteroatoms. The van der Waals surface area contributed by atoms with Crippen LogP contribution in [-0.2, 0) is 13.0 Å². The van der Waals surface area contributed by atoms with E-state index in [0.29, 0.717) is 0 Å². The standard InChI is InChI=1S/C10H10N2.ClH/c11-6-8-1-2-10-7-12-4-3-9(10)5-8;/h1-2,5,12H,3-4,7H2;1H. The van der Waals surface area contributed by atoms with Gasteiger partial charge < -0.3 is 5.32 Å². The molecule has 0 radical (unpaired) electrons. The molecule has 0 saturated heterocycles. The van der Waals surface area contributed by atoms with E-state index in [1.54, 1.807) is 0 Å². The number of hydrogen-bond donors (Lipinski definition) is 1. The first kappa shape index (κ1) is 10.0. The Bertz CT molecular complexity index is 341. The zero-order chi connectivity index (χ0) is 8.39. The van der Waals surface area contributed by atoms with E-state index in [9.17, 15) is 0 Å². The number of fused-ring (bicyclic) bond motifs is 1. The van der Waals surface area contributed by atoms with Crippen LogP contribution in [0.3, 0.4) is 0 Å². The number of rotatable bonds is 0. The van der Waals surface area contributed by atoms with Gasteiger partial charge in [-0.15, -0.1) is 12.4 Å². The highest BCUT2D eigenvalue weighted by molar-refractivity contribution is 5.85. The van der Waals surface area contributed by atoms with Gasteiger partial charge in [0, 0.05) is 6.54 Å². The minimum Gasteiger partial charge on any atom is -0.312 e. The van der Waals surface area contributed by atoms with Crippen molar-refractivity contribution in [2.45, 2.75) is 13.0 Å². The predicted octanol–water partition coefficient (Wildman–Crippen LogP) is 1.63. The van der Waals surface area contributed by atoms with Gasteiger partial charge in [0.15, 0.2) is 0 Å². The quantitative estimate of drug-likeness (QED) is 0.682. The molecule has 0 fully saturated rings. The lowest BCUT2D eigenvalue weighted by Gasteiger charge is -2.16. The average Bonchev–Trinajstić information content (AvgIpc) is 2.17. The fraction of sp³-hybridized carbons (Fsp3) is 0.300. The van der Waals surface area contributed by atoms with Crippen LogP contribution in [0, 0.1) is 11.3 Å². The van der Waals surface area contributed by atoms with Crippen molar-refractivity contribution in [1.82, 2.24) is 5.32 Å². The van der Waals surface area contributed by atoms with Crippen LogP contribution in [0.5, 0.6) is 0 Å². The summed E-state index contributed by atoms with van der Waals surface area (Å²) >= 11 is 0. The van der Waals surface area contributed by atoms with Crippen molar-refractivity contribution in [2.75, 3.05) is 6.54 Å². The maximum atomic E-state index is 8.67. The summed E-state index contributed by atoms with van der Waals surface area (Å²) in [5, 5.41) is 12.0. The lowest BCUT2D eigenvalue weighted by Crippen LogP contribution is -2.23. The van der Waals surface area contributed by atoms with Crippen LogP contribution in [0.4, 0.5) is 0 Å². The molecule has 0 aromatic heterocycles. The van der Waals surface area contributed by atoms with E-state index in [0.717, 1.165) is 25.1 Å². The van der Waals surface area contributed by atoms with Gasteiger partial charge in [-0.05, 0) is 36.2 Å². The molecule has 13 heavy (non-hydrogen) atoms. The monoisotopic (exact) mass is 194 g/mol. The van der Waals surface area contributed by atoms with Crippen LogP contribution in [0.2, 0.25) is 0 Å². The highest BCUT2D eigenvalue weighted by Crippen LogP contribution is 2.14. The molecule has 0 atom stereocenters. The number of halogens is 1. The fourth-order valence-corrected chi connectivity index (χ4v) is 1.55. The van der Waals surface area contributed by atoms with Gasteiger partial charge in [-0.1, -0.05) is 6.07 Å². The molecule has 1 aromatic rings. The Balaban J connectivity index is 0.000000845. The second-order valence-corrected chi connectivity index (χ2v) is 3.02. The third-order valence-corrected chi connectivity index (χ3v) is 2.22. The number of nitrogens with one attached hydrogen (secondary N) is 1. The first-order valence-corrected chi connectivity index (χ1v) is 4.13. The highest BCUT2D eigenvalue weighted by Gasteiger charge is 2.07. The smallest absolute Gasteiger partial charge is 0.0991 e. The predicted molar refractivity (Wildman–Crippen MR) is 53.8 cm³/mol. The molecular weight excluding hydrogens is 184 g/mol. The van der Waals surface area contributed by atoms with E-state index < -0.39 is 0 Å². The molecule has 0 aliphatic carbocycles. The summed E-state index contributed by atoms with van der Waals surface area (Å²) in [5.41, 5.74) is 3.43. The molecule has 0 amide bonds. The average molecular weight is 195 g/mol. The van der Waals surface area contributed by atoms with E-state index in [4.69, 9.17) is 5.26 Å². The van der Waals surface area contributed by atoms with Crippen molar-refractivity contribution in [3.05, 3.63) is 34.9 Å². The third kappa shape index (κ3) is 2.00. The normalized spacial score (nSPS) is 13.8. The minimum absolute atomic E-state index is 0. The molecule has 2 rings (SSSR count). The zero-order valence-corrected chi connectivity index (χ0v) is 8.03. The second kappa shape index (κ2) is 4.27. The molecule has 2 nitrogen and oxygen atoms in total. The van der Waals surface area contributed by atoms with Crippen molar-refractivity contribution in [2.24, 2.45) is 0 Å². The molecule has 0 saturated carbocycles. The Labute approximate surface area is 84.0 Å². The minimum atomic E-state index is 0. The van der Waals surface area contributed by atoms with E-state index in [1.165, 1.54) is 11.1 Å². The van der Waals surface area contributed by atoms with Crippen molar-refractivity contribution in [3.63, 3.8) is 0 Å². The number of benzene rings is 1. The Kier molecular flexibility index (Phi) is 3.30. The van der Waals surface area contributed by atoms with E-state index in [2.05, 4.69) is 11.4 Å². The summed E-state index contributed by atoms with van der Waals surface area (Å²) in [5.74, 6) is 0. The van der Waals surface area contributed by atoms with E-state index >= 15 is 0 Å². The summed E-state index contributed by atoms with van der Waals surface area (Å²) < 4.78 is 0. The molecule has 1 aliphatic heterocycles. The second-order valence-electron chi connectivity index (χ2n) is 3.02. The zero-order valence-electron chi connectivity index (χ0n) is 7.21. The Morgan fingerprint density at radius 3 is 2.92 bits per heavy atom. The van der Waals surface area contributed by atoms with E-state index in [-0.39, 0.29) is 12.4 Å². The van der Waals surface area contributed by atoms with Crippen molar-refractivity contribution in [3.8, 4) is 6.07 Å². The van der Waals surface area contributed by atoms with Gasteiger partial charge in [-0.3, -0.25) is 0 Å². The number of hydrogen-bond acceptors (Lipinski definition) is 2. The Hall–Kier alpha value is -1.04. The highest BCUT2D eigenvalue weighted by atomic mass is 35.5. The van der Waals surface area contributed by atoms with Crippen LogP contribution in [0.25, 0.3) is 0 Å². The molecule has 0 bridgehead atoms. The van der Waals surface area contributed by atoms with Gasteiger partial charge in [0.25, 0.3) is 0 Å². The molecule has 0 unspecified atom stereocenters. The van der Waals surface area contributed by atoms with Gasteiger partial charge >= 0.3 is 0 Å². The lowest BCUT2D eigenvalue weighted by molar-refractivity contribution is 0.643. The Morgan fingerprint density at radius 1 is 1.31 bits per heavy atom. The molecule has 1 N–H and O–H groups in total. The maximum absolute atomic E-state index is 8.67. The SMILES string of the molecule is Cl.N#Cc1ccc2c(c1)CCNC2. The maximum Gasteiger partial charge on any atom is 0.0991 e. The molecule has 68 valence electrons. The summed E-state index contributed by atoms with van der Waals surface area (Å²) in [7, 11) is 0. The van der Waals surface area contributed by atoms with Crippen molar-refractivity contribution in [1.29, 1.82) is 5.26 Å². The van der Waals surface area contributed by atoms with Gasteiger partial charge in [0.2, 0.25) is 0 Å². The van der Waals surface area contributed by atoms with Crippen LogP contribution < -0.4 is 5.32 Å². The van der Waals surface area contributed by atoms with Gasteiger partial charge in [-0.2, -0.15) is 5.26 Å². The number of nitrogens with zero attached hydrogens (tertiary/aromatic N) is 1. The van der Waals surface area contributed by atoms with E-state index in [1.807, 2.05) is 18.2 Å².